The molecule has 0 fully saturated rings. The Kier molecular flexibility index (Phi) is 34.5. The third-order valence-corrected chi connectivity index (χ3v) is 7.32. The summed E-state index contributed by atoms with van der Waals surface area (Å²) in [7, 11) is 0. The lowest BCUT2D eigenvalue weighted by Crippen LogP contribution is -2.46. The maximum atomic E-state index is 9.74. The summed E-state index contributed by atoms with van der Waals surface area (Å²) >= 11 is 0. The van der Waals surface area contributed by atoms with E-state index in [1.807, 2.05) is 26.0 Å². The van der Waals surface area contributed by atoms with Crippen LogP contribution in [0.25, 0.3) is 43.6 Å². The van der Waals surface area contributed by atoms with E-state index < -0.39 is 48.3 Å². The normalized spacial score (nSPS) is 11.0. The number of hydrogen-bond acceptors (Lipinski definition) is 12. The number of rotatable bonds is 6. The van der Waals surface area contributed by atoms with Crippen LogP contribution in [-0.4, -0.2) is 138 Å². The SMILES string of the molecule is Cc1ccc2ccc3ccc(C)[nH+]c3c2n1.Cc1ccc2ccc3ccc(C)[nH+]c3c2n1.O.O.O.O.O.O.O.O.O.O=C([O-])[C@@H](O)[C@H](O)C(=O)O.O=C([O-])[C@@H](O)[C@H](O)C(=O)O. The summed E-state index contributed by atoms with van der Waals surface area (Å²) in [6.45, 7) is 8.17. The fourth-order valence-corrected chi connectivity index (χ4v) is 4.58. The molecule has 2 aromatic carbocycles. The van der Waals surface area contributed by atoms with Gasteiger partial charge in [0.15, 0.2) is 23.6 Å². The summed E-state index contributed by atoms with van der Waals surface area (Å²) in [6, 6.07) is 25.3. The number of benzene rings is 2. The first-order valence-electron chi connectivity index (χ1n) is 15.4. The van der Waals surface area contributed by atoms with Gasteiger partial charge in [0, 0.05) is 58.9 Å². The number of nitrogens with zero attached hydrogens (tertiary/aromatic N) is 2. The van der Waals surface area contributed by atoms with Crippen molar-refractivity contribution in [2.24, 2.45) is 0 Å². The van der Waals surface area contributed by atoms with Crippen molar-refractivity contribution in [2.45, 2.75) is 52.1 Å². The van der Waals surface area contributed by atoms with Crippen molar-refractivity contribution >= 4 is 67.5 Å². The highest BCUT2D eigenvalue weighted by molar-refractivity contribution is 6.01. The minimum absolute atomic E-state index is 0. The molecule has 6 rings (SSSR count). The topological polar surface area (TPSA) is 573 Å². The van der Waals surface area contributed by atoms with Crippen LogP contribution in [0.3, 0.4) is 0 Å². The average molecular weight is 879 g/mol. The van der Waals surface area contributed by atoms with Gasteiger partial charge in [0.2, 0.25) is 11.0 Å². The second-order valence-corrected chi connectivity index (χ2v) is 11.5. The van der Waals surface area contributed by atoms with Gasteiger partial charge in [-0.3, -0.25) is 0 Å². The van der Waals surface area contributed by atoms with Crippen molar-refractivity contribution in [3.63, 3.8) is 0 Å². The van der Waals surface area contributed by atoms with Gasteiger partial charge in [-0.1, -0.05) is 24.3 Å². The Morgan fingerprint density at radius 2 is 0.689 bits per heavy atom. The Hall–Kier alpha value is -6.56. The van der Waals surface area contributed by atoms with Crippen LogP contribution in [0.1, 0.15) is 22.8 Å². The standard InChI is InChI=1S/2C14H12N2.2C4H6O6.9H2O/c2*1-9-3-5-11-7-8-12-6-4-10(2)16-14(12)13(11)15-9;2*5-1(3(7)8)2(6)4(9)10;;;;;;;;;/h2*3-8H,1-2H3;2*1-2,5-6H,(H,7,8)(H,9,10);9*1H2/t;;2*1-,2-;;;;;;;;;/m..00........./s1. The summed E-state index contributed by atoms with van der Waals surface area (Å²) < 4.78 is 0. The molecule has 25 heteroatoms. The number of H-pyrrole nitrogens is 2. The zero-order valence-electron chi connectivity index (χ0n) is 32.8. The Morgan fingerprint density at radius 1 is 0.443 bits per heavy atom. The lowest BCUT2D eigenvalue weighted by atomic mass is 10.1. The molecule has 0 amide bonds. The first kappa shape index (κ1) is 69.1. The van der Waals surface area contributed by atoms with E-state index >= 15 is 0 Å². The molecule has 0 saturated heterocycles. The predicted molar refractivity (Wildman–Crippen MR) is 212 cm³/mol. The van der Waals surface area contributed by atoms with E-state index in [-0.39, 0.29) is 49.3 Å². The maximum absolute atomic E-state index is 9.74. The van der Waals surface area contributed by atoms with Crippen molar-refractivity contribution in [1.82, 2.24) is 9.97 Å². The lowest BCUT2D eigenvalue weighted by Gasteiger charge is -2.13. The lowest BCUT2D eigenvalue weighted by molar-refractivity contribution is -0.354. The molecule has 4 aromatic heterocycles. The number of aromatic nitrogens is 4. The summed E-state index contributed by atoms with van der Waals surface area (Å²) in [5.74, 6) is -7.65. The monoisotopic (exact) mass is 878 g/mol. The van der Waals surface area contributed by atoms with Gasteiger partial charge in [-0.05, 0) is 50.2 Å². The number of aliphatic hydroxyl groups excluding tert-OH is 4. The van der Waals surface area contributed by atoms with Crippen molar-refractivity contribution in [3.8, 4) is 0 Å². The Bertz CT molecular complexity index is 1960. The number of fused-ring (bicyclic) bond motifs is 6. The second-order valence-electron chi connectivity index (χ2n) is 11.5. The molecule has 4 heterocycles. The van der Waals surface area contributed by atoms with Gasteiger partial charge < -0.3 is 99.7 Å². The zero-order chi connectivity index (χ0) is 38.9. The largest absolute Gasteiger partial charge is 0.547 e. The van der Waals surface area contributed by atoms with Gasteiger partial charge in [-0.15, -0.1) is 0 Å². The molecule has 4 atom stereocenters. The molecule has 0 aliphatic carbocycles. The molecule has 0 spiro atoms. The van der Waals surface area contributed by atoms with E-state index in [4.69, 9.17) is 30.6 Å². The number of aliphatic carboxylic acids is 4. The van der Waals surface area contributed by atoms with E-state index in [9.17, 15) is 29.4 Å². The van der Waals surface area contributed by atoms with Gasteiger partial charge in [0.25, 0.3) is 0 Å². The smallest absolute Gasteiger partial charge is 0.335 e. The van der Waals surface area contributed by atoms with Crippen LogP contribution in [0.15, 0.2) is 72.8 Å². The van der Waals surface area contributed by atoms with Crippen molar-refractivity contribution in [2.75, 3.05) is 0 Å². The summed E-state index contributed by atoms with van der Waals surface area (Å²) in [5.41, 5.74) is 8.78. The highest BCUT2D eigenvalue weighted by Crippen LogP contribution is 2.22. The number of carbonyl (C=O) groups excluding carboxylic acids is 2. The molecule has 344 valence electrons. The highest BCUT2D eigenvalue weighted by atomic mass is 16.4. The average Bonchev–Trinajstić information content (AvgIpc) is 3.10. The molecule has 0 unspecified atom stereocenters. The van der Waals surface area contributed by atoms with E-state index in [0.29, 0.717) is 0 Å². The number of carboxylic acids is 4. The van der Waals surface area contributed by atoms with Gasteiger partial charge in [-0.2, -0.15) is 0 Å². The first-order chi connectivity index (χ1) is 24.4. The quantitative estimate of drug-likeness (QED) is 0.0847. The third kappa shape index (κ3) is 18.5. The zero-order valence-corrected chi connectivity index (χ0v) is 32.8. The van der Waals surface area contributed by atoms with Crippen LogP contribution in [0.2, 0.25) is 0 Å². The van der Waals surface area contributed by atoms with E-state index in [2.05, 4.69) is 94.4 Å². The molecule has 0 aliphatic heterocycles. The minimum atomic E-state index is -2.38. The van der Waals surface area contributed by atoms with Crippen LogP contribution in [0.5, 0.6) is 0 Å². The first-order valence-corrected chi connectivity index (χ1v) is 15.4. The van der Waals surface area contributed by atoms with Crippen LogP contribution in [0, 0.1) is 27.7 Å². The van der Waals surface area contributed by atoms with Crippen molar-refractivity contribution < 1.29 is 119 Å². The molecular weight excluding hydrogens is 824 g/mol. The molecular formula is C36H54N4O21. The van der Waals surface area contributed by atoms with Gasteiger partial charge in [0.05, 0.1) is 11.9 Å². The molecule has 0 radical (unpaired) electrons. The number of carboxylic acid groups (broad SMARTS) is 4. The fraction of sp³-hybridized carbons (Fsp3) is 0.222. The van der Waals surface area contributed by atoms with Gasteiger partial charge >= 0.3 is 11.9 Å². The molecule has 6 aromatic rings. The number of pyridine rings is 4. The molecule has 26 N–H and O–H groups in total. The van der Waals surface area contributed by atoms with Gasteiger partial charge in [0.1, 0.15) is 23.2 Å². The highest BCUT2D eigenvalue weighted by Gasteiger charge is 2.24. The molecule has 0 aliphatic rings. The molecule has 61 heavy (non-hydrogen) atoms. The Balaban J connectivity index is -0.000000125. The maximum Gasteiger partial charge on any atom is 0.335 e. The number of aliphatic hydroxyl groups is 4. The van der Waals surface area contributed by atoms with Crippen molar-refractivity contribution in [3.05, 3.63) is 95.6 Å². The van der Waals surface area contributed by atoms with Crippen LogP contribution in [0.4, 0.5) is 0 Å². The van der Waals surface area contributed by atoms with E-state index in [0.717, 1.165) is 44.8 Å². The van der Waals surface area contributed by atoms with E-state index in [1.54, 1.807) is 0 Å². The summed E-state index contributed by atoms with van der Waals surface area (Å²) in [4.78, 5) is 54.8. The van der Waals surface area contributed by atoms with Gasteiger partial charge in [-0.25, -0.2) is 29.5 Å². The fourth-order valence-electron chi connectivity index (χ4n) is 4.58. The van der Waals surface area contributed by atoms with Crippen LogP contribution < -0.4 is 20.2 Å². The number of carbonyl (C=O) groups is 4. The Morgan fingerprint density at radius 3 is 0.934 bits per heavy atom. The van der Waals surface area contributed by atoms with E-state index in [1.165, 1.54) is 21.5 Å². The number of nitrogens with one attached hydrogen (secondary N) is 2. The summed E-state index contributed by atoms with van der Waals surface area (Å²) in [5, 5.41) is 73.0. The number of aryl methyl sites for hydroxylation is 4. The molecule has 0 saturated carbocycles. The van der Waals surface area contributed by atoms with Crippen LogP contribution >= 0.6 is 0 Å². The minimum Gasteiger partial charge on any atom is -0.547 e. The number of hydrogen-bond donors (Lipinski definition) is 6. The predicted octanol–water partition coefficient (Wildman–Crippen LogP) is -8.70. The molecule has 25 nitrogen and oxygen atoms in total. The molecule has 0 bridgehead atoms. The van der Waals surface area contributed by atoms with Crippen molar-refractivity contribution in [1.29, 1.82) is 0 Å². The Labute approximate surface area is 344 Å². The third-order valence-electron chi connectivity index (χ3n) is 7.32. The van der Waals surface area contributed by atoms with Crippen LogP contribution in [-0.2, 0) is 19.2 Å². The second kappa shape index (κ2) is 30.5. The summed E-state index contributed by atoms with van der Waals surface area (Å²) in [6.07, 6.45) is -9.41. The number of aromatic amines is 2.